The summed E-state index contributed by atoms with van der Waals surface area (Å²) in [7, 11) is 5.59. The first-order valence-electron chi connectivity index (χ1n) is 10.8. The summed E-state index contributed by atoms with van der Waals surface area (Å²) >= 11 is 0. The lowest BCUT2D eigenvalue weighted by Gasteiger charge is -2.30. The molecule has 3 N–H and O–H groups in total. The number of phenols is 1. The third kappa shape index (κ3) is 4.82. The molecule has 1 fully saturated rings. The van der Waals surface area contributed by atoms with Crippen molar-refractivity contribution in [3.8, 4) is 11.5 Å². The Labute approximate surface area is 183 Å². The molecule has 1 saturated carbocycles. The first kappa shape index (κ1) is 21.2. The molecule has 0 unspecified atom stereocenters. The molecule has 7 nitrogen and oxygen atoms in total. The molecule has 164 valence electrons. The summed E-state index contributed by atoms with van der Waals surface area (Å²) in [5.74, 6) is 2.36. The van der Waals surface area contributed by atoms with Gasteiger partial charge in [-0.15, -0.1) is 0 Å². The number of methoxy groups -OCH3 is 1. The molecule has 7 heteroatoms. The number of nitrogens with zero attached hydrogens (tertiary/aromatic N) is 3. The molecule has 0 saturated heterocycles. The smallest absolute Gasteiger partial charge is 0.225 e. The normalized spacial score (nSPS) is 18.7. The molecule has 4 rings (SSSR count). The van der Waals surface area contributed by atoms with Crippen LogP contribution in [0.25, 0.3) is 10.9 Å². The first-order valence-corrected chi connectivity index (χ1v) is 10.8. The van der Waals surface area contributed by atoms with Gasteiger partial charge >= 0.3 is 0 Å². The topological polar surface area (TPSA) is 82.5 Å². The summed E-state index contributed by atoms with van der Waals surface area (Å²) in [6, 6.07) is 14.5. The third-order valence-corrected chi connectivity index (χ3v) is 5.95. The molecule has 0 radical (unpaired) electrons. The number of rotatable bonds is 7. The molecule has 3 aromatic rings. The molecule has 0 aliphatic heterocycles. The average molecular weight is 422 g/mol. The van der Waals surface area contributed by atoms with Gasteiger partial charge in [0.25, 0.3) is 0 Å². The van der Waals surface area contributed by atoms with Crippen molar-refractivity contribution in [3.63, 3.8) is 0 Å². The highest BCUT2D eigenvalue weighted by molar-refractivity contribution is 5.90. The highest BCUT2D eigenvalue weighted by Gasteiger charge is 2.22. The lowest BCUT2D eigenvalue weighted by atomic mass is 9.91. The minimum Gasteiger partial charge on any atom is -0.504 e. The predicted octanol–water partition coefficient (Wildman–Crippen LogP) is 3.92. The predicted molar refractivity (Wildman–Crippen MR) is 125 cm³/mol. The second-order valence-electron chi connectivity index (χ2n) is 8.32. The van der Waals surface area contributed by atoms with Gasteiger partial charge < -0.3 is 25.4 Å². The van der Waals surface area contributed by atoms with Gasteiger partial charge in [0.2, 0.25) is 5.95 Å². The maximum Gasteiger partial charge on any atom is 0.225 e. The molecule has 1 aliphatic carbocycles. The Morgan fingerprint density at radius 2 is 1.74 bits per heavy atom. The number of phenolic OH excluding ortho intramolecular Hbond substituents is 1. The fraction of sp³-hybridized carbons (Fsp3) is 0.417. The Hall–Kier alpha value is -3.06. The van der Waals surface area contributed by atoms with Crippen LogP contribution in [0.5, 0.6) is 11.5 Å². The second-order valence-corrected chi connectivity index (χ2v) is 8.32. The summed E-state index contributed by atoms with van der Waals surface area (Å²) in [4.78, 5) is 11.5. The molecule has 31 heavy (non-hydrogen) atoms. The Balaban J connectivity index is 1.34. The molecule has 0 bridgehead atoms. The van der Waals surface area contributed by atoms with Crippen LogP contribution in [0.2, 0.25) is 0 Å². The fourth-order valence-electron chi connectivity index (χ4n) is 4.22. The highest BCUT2D eigenvalue weighted by atomic mass is 16.5. The minimum atomic E-state index is 0.220. The van der Waals surface area contributed by atoms with Gasteiger partial charge in [-0.1, -0.05) is 24.3 Å². The molecular formula is C24H31N5O2. The van der Waals surface area contributed by atoms with E-state index in [0.29, 0.717) is 30.3 Å². The van der Waals surface area contributed by atoms with E-state index in [2.05, 4.69) is 16.7 Å². The van der Waals surface area contributed by atoms with E-state index in [0.717, 1.165) is 48.0 Å². The van der Waals surface area contributed by atoms with Gasteiger partial charge in [-0.25, -0.2) is 4.98 Å². The van der Waals surface area contributed by atoms with E-state index in [1.165, 1.54) is 0 Å². The molecule has 0 spiro atoms. The van der Waals surface area contributed by atoms with E-state index in [1.807, 2.05) is 49.3 Å². The van der Waals surface area contributed by atoms with Crippen LogP contribution in [-0.4, -0.2) is 48.4 Å². The largest absolute Gasteiger partial charge is 0.504 e. The van der Waals surface area contributed by atoms with E-state index in [1.54, 1.807) is 13.2 Å². The number of aromatic nitrogens is 2. The van der Waals surface area contributed by atoms with E-state index in [-0.39, 0.29) is 5.75 Å². The van der Waals surface area contributed by atoms with Crippen LogP contribution in [0.4, 0.5) is 11.8 Å². The summed E-state index contributed by atoms with van der Waals surface area (Å²) in [5.41, 5.74) is 1.82. The summed E-state index contributed by atoms with van der Waals surface area (Å²) < 4.78 is 5.20. The van der Waals surface area contributed by atoms with Crippen LogP contribution in [0.15, 0.2) is 42.5 Å². The average Bonchev–Trinajstić information content (AvgIpc) is 2.79. The number of ether oxygens (including phenoxy) is 1. The van der Waals surface area contributed by atoms with Gasteiger partial charge in [-0.3, -0.25) is 0 Å². The number of para-hydroxylation sites is 2. The minimum absolute atomic E-state index is 0.220. The van der Waals surface area contributed by atoms with Crippen LogP contribution in [0.1, 0.15) is 31.2 Å². The van der Waals surface area contributed by atoms with Crippen LogP contribution in [0, 0.1) is 0 Å². The summed E-state index contributed by atoms with van der Waals surface area (Å²) in [6.45, 7) is 0.631. The van der Waals surface area contributed by atoms with Crippen molar-refractivity contribution in [2.45, 2.75) is 44.3 Å². The van der Waals surface area contributed by atoms with Crippen molar-refractivity contribution in [1.82, 2.24) is 15.3 Å². The van der Waals surface area contributed by atoms with E-state index in [9.17, 15) is 5.11 Å². The number of aromatic hydroxyl groups is 1. The standard InChI is InChI=1S/C24H31N5O2/c1-29(2)23-19-8-4-5-9-20(19)27-24(28-23)26-18-13-11-17(12-14-18)25-15-16-7-6-10-21(31-3)22(16)30/h4-10,17-18,25,30H,11-15H2,1-3H3,(H,26,27,28)/t17-,18+. The first-order chi connectivity index (χ1) is 15.0. The maximum atomic E-state index is 10.3. The Morgan fingerprint density at radius 3 is 2.48 bits per heavy atom. The maximum absolute atomic E-state index is 10.3. The Morgan fingerprint density at radius 1 is 1.00 bits per heavy atom. The summed E-state index contributed by atoms with van der Waals surface area (Å²) in [6.07, 6.45) is 4.23. The van der Waals surface area contributed by atoms with E-state index >= 15 is 0 Å². The quantitative estimate of drug-likeness (QED) is 0.533. The van der Waals surface area contributed by atoms with Crippen LogP contribution in [-0.2, 0) is 6.54 Å². The lowest BCUT2D eigenvalue weighted by molar-refractivity contribution is 0.345. The zero-order valence-corrected chi connectivity index (χ0v) is 18.4. The van der Waals surface area contributed by atoms with Gasteiger partial charge in [0.05, 0.1) is 12.6 Å². The van der Waals surface area contributed by atoms with Gasteiger partial charge in [0.1, 0.15) is 5.82 Å². The summed E-state index contributed by atoms with van der Waals surface area (Å²) in [5, 5.41) is 18.5. The van der Waals surface area contributed by atoms with Crippen LogP contribution >= 0.6 is 0 Å². The Kier molecular flexibility index (Phi) is 6.42. The molecule has 1 heterocycles. The number of nitrogens with one attached hydrogen (secondary N) is 2. The lowest BCUT2D eigenvalue weighted by Crippen LogP contribution is -2.37. The molecule has 2 aromatic carbocycles. The number of benzene rings is 2. The number of anilines is 2. The van der Waals surface area contributed by atoms with Crippen LogP contribution < -0.4 is 20.3 Å². The van der Waals surface area contributed by atoms with Crippen molar-refractivity contribution in [3.05, 3.63) is 48.0 Å². The van der Waals surface area contributed by atoms with Crippen molar-refractivity contribution in [2.24, 2.45) is 0 Å². The van der Waals surface area contributed by atoms with Crippen molar-refractivity contribution in [1.29, 1.82) is 0 Å². The van der Waals surface area contributed by atoms with E-state index < -0.39 is 0 Å². The fourth-order valence-corrected chi connectivity index (χ4v) is 4.22. The second kappa shape index (κ2) is 9.39. The monoisotopic (exact) mass is 421 g/mol. The van der Waals surface area contributed by atoms with Crippen LogP contribution in [0.3, 0.4) is 0 Å². The molecular weight excluding hydrogens is 390 g/mol. The SMILES string of the molecule is COc1cccc(CN[C@H]2CC[C@@H](Nc3nc(N(C)C)c4ccccc4n3)CC2)c1O. The van der Waals surface area contributed by atoms with Gasteiger partial charge in [-0.2, -0.15) is 4.98 Å². The third-order valence-electron chi connectivity index (χ3n) is 5.95. The molecule has 1 aliphatic rings. The molecule has 0 atom stereocenters. The number of hydrogen-bond donors (Lipinski definition) is 3. The zero-order valence-electron chi connectivity index (χ0n) is 18.4. The van der Waals surface area contributed by atoms with Gasteiger partial charge in [0, 0.05) is 43.7 Å². The van der Waals surface area contributed by atoms with Crippen molar-refractivity contribution in [2.75, 3.05) is 31.4 Å². The molecule has 0 amide bonds. The highest BCUT2D eigenvalue weighted by Crippen LogP contribution is 2.30. The zero-order chi connectivity index (χ0) is 21.8. The van der Waals surface area contributed by atoms with Crippen molar-refractivity contribution < 1.29 is 9.84 Å². The van der Waals surface area contributed by atoms with E-state index in [4.69, 9.17) is 14.7 Å². The molecule has 1 aromatic heterocycles. The van der Waals surface area contributed by atoms with Crippen molar-refractivity contribution >= 4 is 22.7 Å². The number of fused-ring (bicyclic) bond motifs is 1. The Bertz CT molecular complexity index is 1030. The van der Waals surface area contributed by atoms with Gasteiger partial charge in [0.15, 0.2) is 11.5 Å². The number of hydrogen-bond acceptors (Lipinski definition) is 7. The van der Waals surface area contributed by atoms with Gasteiger partial charge in [-0.05, 0) is 43.9 Å².